The van der Waals surface area contributed by atoms with Gasteiger partial charge in [0.15, 0.2) is 0 Å². The number of benzene rings is 3. The molecule has 0 radical (unpaired) electrons. The Hall–Kier alpha value is -3.95. The minimum Gasteiger partial charge on any atom is -0.744 e. The van der Waals surface area contributed by atoms with Gasteiger partial charge in [0.05, 0.1) is 27.7 Å². The highest BCUT2D eigenvalue weighted by molar-refractivity contribution is 7.85. The molecule has 0 heterocycles. The van der Waals surface area contributed by atoms with Crippen LogP contribution in [0.3, 0.4) is 0 Å². The van der Waals surface area contributed by atoms with Crippen LogP contribution >= 0.6 is 0 Å². The first-order valence-corrected chi connectivity index (χ1v) is 12.2. The second-order valence-corrected chi connectivity index (χ2v) is 9.92. The smallest absolute Gasteiger partial charge is 0.124 e. The highest BCUT2D eigenvalue weighted by atomic mass is 32.2. The molecule has 180 valence electrons. The molecule has 3 aromatic rings. The maximum atomic E-state index is 11.7. The maximum absolute atomic E-state index is 11.7. The maximum Gasteiger partial charge on any atom is 0.124 e. The molecule has 0 spiro atoms. The molecule has 0 saturated heterocycles. The van der Waals surface area contributed by atoms with E-state index in [2.05, 4.69) is 0 Å². The predicted molar refractivity (Wildman–Crippen MR) is 141 cm³/mol. The first-order chi connectivity index (χ1) is 16.5. The molecule has 0 aromatic heterocycles. The van der Waals surface area contributed by atoms with Crippen molar-refractivity contribution in [1.82, 2.24) is 0 Å². The number of hydrogen-bond donors (Lipinski definition) is 1. The lowest BCUT2D eigenvalue weighted by atomic mass is 9.91. The molecule has 0 amide bonds. The van der Waals surface area contributed by atoms with Crippen molar-refractivity contribution in [1.29, 1.82) is 0 Å². The Morgan fingerprint density at radius 1 is 0.743 bits per heavy atom. The molecule has 3 aromatic carbocycles. The summed E-state index contributed by atoms with van der Waals surface area (Å²) in [4.78, 5) is 13.2. The van der Waals surface area contributed by atoms with Crippen LogP contribution in [0.2, 0.25) is 0 Å². The summed E-state index contributed by atoms with van der Waals surface area (Å²) in [5, 5.41) is 0. The van der Waals surface area contributed by atoms with Crippen LogP contribution in [0.5, 0.6) is 0 Å². The number of hydrogen-bond acceptors (Lipinski definition) is 8. The van der Waals surface area contributed by atoms with Gasteiger partial charge in [-0.1, -0.05) is 6.07 Å². The molecular formula is C26H26N5O3S-. The Balaban J connectivity index is 1.90. The van der Waals surface area contributed by atoms with Gasteiger partial charge in [-0.15, -0.1) is 0 Å². The standard InChI is InChI=1S/C26H27N5O3S/c1-30(2)19-9-5-17(6-10-19)28-25-16-24(27)22-14-13-21(35(32,33)34)15-23(22)26(25)29-18-7-11-20(12-8-18)31(3)4/h5-16H,27H2,1-4H3,(H,32,33,34)/p-1. The van der Waals surface area contributed by atoms with Crippen LogP contribution in [-0.4, -0.2) is 52.6 Å². The number of nitrogens with two attached hydrogens (primary N) is 1. The average molecular weight is 489 g/mol. The molecule has 0 bridgehead atoms. The minimum atomic E-state index is -4.67. The Morgan fingerprint density at radius 2 is 1.26 bits per heavy atom. The van der Waals surface area contributed by atoms with Crippen LogP contribution in [-0.2, 0) is 10.1 Å². The van der Waals surface area contributed by atoms with Crippen molar-refractivity contribution in [3.8, 4) is 0 Å². The molecule has 0 atom stereocenters. The van der Waals surface area contributed by atoms with Crippen LogP contribution in [0, 0.1) is 0 Å². The number of allylic oxidation sites excluding steroid dienone is 1. The zero-order chi connectivity index (χ0) is 25.3. The van der Waals surface area contributed by atoms with Gasteiger partial charge in [-0.3, -0.25) is 0 Å². The molecule has 1 aliphatic rings. The van der Waals surface area contributed by atoms with Crippen molar-refractivity contribution in [2.75, 3.05) is 38.0 Å². The molecule has 0 fully saturated rings. The Kier molecular flexibility index (Phi) is 6.47. The van der Waals surface area contributed by atoms with Gasteiger partial charge in [-0.2, -0.15) is 0 Å². The molecule has 1 aliphatic carbocycles. The third kappa shape index (κ3) is 5.26. The van der Waals surface area contributed by atoms with Gasteiger partial charge in [0.2, 0.25) is 0 Å². The first kappa shape index (κ1) is 24.2. The largest absolute Gasteiger partial charge is 0.744 e. The lowest BCUT2D eigenvalue weighted by Gasteiger charge is -2.21. The van der Waals surface area contributed by atoms with Gasteiger partial charge < -0.3 is 20.1 Å². The average Bonchev–Trinajstić information content (AvgIpc) is 2.81. The van der Waals surface area contributed by atoms with Crippen LogP contribution in [0.1, 0.15) is 11.1 Å². The molecule has 9 heteroatoms. The van der Waals surface area contributed by atoms with E-state index in [-0.39, 0.29) is 4.90 Å². The fourth-order valence-corrected chi connectivity index (χ4v) is 4.18. The molecule has 35 heavy (non-hydrogen) atoms. The Labute approximate surface area is 205 Å². The molecule has 0 aliphatic heterocycles. The van der Waals surface area contributed by atoms with E-state index in [9.17, 15) is 13.0 Å². The highest BCUT2D eigenvalue weighted by Crippen LogP contribution is 2.29. The third-order valence-electron chi connectivity index (χ3n) is 5.60. The van der Waals surface area contributed by atoms with Crippen LogP contribution < -0.4 is 15.5 Å². The van der Waals surface area contributed by atoms with E-state index in [1.54, 1.807) is 6.08 Å². The normalized spacial score (nSPS) is 15.6. The zero-order valence-electron chi connectivity index (χ0n) is 19.9. The van der Waals surface area contributed by atoms with E-state index >= 15 is 0 Å². The van der Waals surface area contributed by atoms with E-state index in [0.717, 1.165) is 11.4 Å². The minimum absolute atomic E-state index is 0.351. The van der Waals surface area contributed by atoms with Crippen molar-refractivity contribution in [2.24, 2.45) is 15.7 Å². The molecule has 4 rings (SSSR count). The fourth-order valence-electron chi connectivity index (χ4n) is 3.68. The third-order valence-corrected chi connectivity index (χ3v) is 6.43. The van der Waals surface area contributed by atoms with E-state index in [4.69, 9.17) is 15.7 Å². The van der Waals surface area contributed by atoms with Crippen molar-refractivity contribution in [2.45, 2.75) is 4.90 Å². The number of aliphatic imine (C=N–C) groups is 2. The summed E-state index contributed by atoms with van der Waals surface area (Å²) in [5.41, 5.74) is 12.0. The van der Waals surface area contributed by atoms with Crippen LogP contribution in [0.15, 0.2) is 87.7 Å². The summed E-state index contributed by atoms with van der Waals surface area (Å²) in [6.07, 6.45) is 1.71. The van der Waals surface area contributed by atoms with Gasteiger partial charge in [-0.05, 0) is 66.7 Å². The zero-order valence-corrected chi connectivity index (χ0v) is 20.7. The van der Waals surface area contributed by atoms with Gasteiger partial charge in [0.25, 0.3) is 0 Å². The van der Waals surface area contributed by atoms with Gasteiger partial charge >= 0.3 is 0 Å². The topological polar surface area (TPSA) is 114 Å². The van der Waals surface area contributed by atoms with Crippen LogP contribution in [0.4, 0.5) is 22.7 Å². The van der Waals surface area contributed by atoms with Crippen LogP contribution in [0.25, 0.3) is 5.70 Å². The molecule has 0 unspecified atom stereocenters. The van der Waals surface area contributed by atoms with Crippen molar-refractivity contribution in [3.63, 3.8) is 0 Å². The fraction of sp³-hybridized carbons (Fsp3) is 0.154. The van der Waals surface area contributed by atoms with Crippen molar-refractivity contribution >= 4 is 50.0 Å². The van der Waals surface area contributed by atoms with Crippen molar-refractivity contribution in [3.05, 3.63) is 83.9 Å². The second-order valence-electron chi connectivity index (χ2n) is 8.54. The van der Waals surface area contributed by atoms with E-state index < -0.39 is 10.1 Å². The SMILES string of the molecule is CN(C)c1ccc(N=C2C=C(N)c3ccc(S(=O)(=O)[O-])cc3C2=Nc2ccc(N(C)C)cc2)cc1. The molecule has 2 N–H and O–H groups in total. The Morgan fingerprint density at radius 3 is 1.74 bits per heavy atom. The summed E-state index contributed by atoms with van der Waals surface area (Å²) in [6, 6.07) is 19.3. The summed E-state index contributed by atoms with van der Waals surface area (Å²) in [7, 11) is 3.13. The second kappa shape index (κ2) is 9.36. The lowest BCUT2D eigenvalue weighted by Crippen LogP contribution is -2.23. The van der Waals surface area contributed by atoms with Gasteiger partial charge in [0, 0.05) is 56.4 Å². The molecule has 0 saturated carbocycles. The molecule has 8 nitrogen and oxygen atoms in total. The van der Waals surface area contributed by atoms with Gasteiger partial charge in [0.1, 0.15) is 10.1 Å². The number of nitrogens with zero attached hydrogens (tertiary/aromatic N) is 4. The first-order valence-electron chi connectivity index (χ1n) is 10.8. The highest BCUT2D eigenvalue weighted by Gasteiger charge is 2.23. The Bertz CT molecular complexity index is 1450. The summed E-state index contributed by atoms with van der Waals surface area (Å²) >= 11 is 0. The lowest BCUT2D eigenvalue weighted by molar-refractivity contribution is 0.463. The predicted octanol–water partition coefficient (Wildman–Crippen LogP) is 3.93. The number of anilines is 2. The van der Waals surface area contributed by atoms with Crippen molar-refractivity contribution < 1.29 is 13.0 Å². The quantitative estimate of drug-likeness (QED) is 0.544. The van der Waals surface area contributed by atoms with Gasteiger partial charge in [-0.25, -0.2) is 18.4 Å². The number of rotatable bonds is 5. The summed E-state index contributed by atoms with van der Waals surface area (Å²) in [6.45, 7) is 0. The number of fused-ring (bicyclic) bond motifs is 1. The monoisotopic (exact) mass is 488 g/mol. The summed E-state index contributed by atoms with van der Waals surface area (Å²) < 4.78 is 35.2. The van der Waals surface area contributed by atoms with E-state index in [1.807, 2.05) is 86.5 Å². The molecular weight excluding hydrogens is 462 g/mol. The van der Waals surface area contributed by atoms with E-state index in [0.29, 0.717) is 39.6 Å². The summed E-state index contributed by atoms with van der Waals surface area (Å²) in [5.74, 6) is 0. The van der Waals surface area contributed by atoms with E-state index in [1.165, 1.54) is 18.2 Å².